The highest BCUT2D eigenvalue weighted by atomic mass is 35.5. The highest BCUT2D eigenvalue weighted by Crippen LogP contribution is 2.26. The van der Waals surface area contributed by atoms with Crippen LogP contribution in [0.5, 0.6) is 0 Å². The summed E-state index contributed by atoms with van der Waals surface area (Å²) < 4.78 is 27.4. The molecule has 0 unspecified atom stereocenters. The number of fused-ring (bicyclic) bond motifs is 1. The third-order valence-electron chi connectivity index (χ3n) is 3.87. The number of sulfonamides is 1. The molecule has 0 saturated heterocycles. The topological polar surface area (TPSA) is 110 Å². The van der Waals surface area contributed by atoms with Crippen molar-refractivity contribution in [1.82, 2.24) is 20.2 Å². The summed E-state index contributed by atoms with van der Waals surface area (Å²) >= 11 is 11.6. The van der Waals surface area contributed by atoms with Crippen molar-refractivity contribution in [3.8, 4) is 0 Å². The molecule has 146 valence electrons. The summed E-state index contributed by atoms with van der Waals surface area (Å²) in [6, 6.07) is 16.4. The fraction of sp³-hybridized carbons (Fsp3) is 0. The van der Waals surface area contributed by atoms with E-state index in [-0.39, 0.29) is 21.2 Å². The Kier molecular flexibility index (Phi) is 5.18. The highest BCUT2D eigenvalue weighted by molar-refractivity contribution is 7.92. The summed E-state index contributed by atoms with van der Waals surface area (Å²) in [5, 5.41) is 11.5. The van der Waals surface area contributed by atoms with Crippen molar-refractivity contribution in [1.29, 1.82) is 0 Å². The Morgan fingerprint density at radius 2 is 1.59 bits per heavy atom. The molecule has 0 saturated carbocycles. The van der Waals surface area contributed by atoms with Crippen LogP contribution in [-0.4, -0.2) is 28.6 Å². The first-order chi connectivity index (χ1) is 13.9. The molecule has 0 spiro atoms. The summed E-state index contributed by atoms with van der Waals surface area (Å²) in [4.78, 5) is 8.45. The quantitative estimate of drug-likeness (QED) is 0.440. The van der Waals surface area contributed by atoms with Gasteiger partial charge in [-0.3, -0.25) is 4.72 Å². The normalized spacial score (nSPS) is 11.4. The largest absolute Gasteiger partial charge is 0.340 e. The van der Waals surface area contributed by atoms with Crippen LogP contribution in [0.1, 0.15) is 0 Å². The second-order valence-electron chi connectivity index (χ2n) is 5.85. The van der Waals surface area contributed by atoms with Gasteiger partial charge >= 0.3 is 0 Å². The number of hydrogen-bond donors (Lipinski definition) is 2. The lowest BCUT2D eigenvalue weighted by atomic mass is 10.2. The van der Waals surface area contributed by atoms with Gasteiger partial charge < -0.3 is 5.32 Å². The molecule has 0 aliphatic carbocycles. The lowest BCUT2D eigenvalue weighted by Gasteiger charge is -2.10. The third kappa shape index (κ3) is 4.37. The Hall–Kier alpha value is -3.01. The number of benzene rings is 2. The van der Waals surface area contributed by atoms with Gasteiger partial charge in [0.25, 0.3) is 10.0 Å². The molecule has 11 heteroatoms. The molecule has 2 N–H and O–H groups in total. The van der Waals surface area contributed by atoms with Crippen LogP contribution in [0.4, 0.5) is 17.3 Å². The summed E-state index contributed by atoms with van der Waals surface area (Å²) in [7, 11) is -3.83. The van der Waals surface area contributed by atoms with E-state index >= 15 is 0 Å². The van der Waals surface area contributed by atoms with Gasteiger partial charge in [0.15, 0.2) is 11.0 Å². The molecule has 0 amide bonds. The van der Waals surface area contributed by atoms with Gasteiger partial charge in [-0.2, -0.15) is 4.98 Å². The first-order valence-corrected chi connectivity index (χ1v) is 10.5. The van der Waals surface area contributed by atoms with Gasteiger partial charge in [-0.15, -0.1) is 10.2 Å². The van der Waals surface area contributed by atoms with Crippen LogP contribution in [0, 0.1) is 0 Å². The number of nitrogens with one attached hydrogen (secondary N) is 2. The Bertz CT molecular complexity index is 1280. The SMILES string of the molecule is O=S(=O)(Nc1ccc(Cl)nn1)c1ccc(Nc2nc(Cl)nc3ccccc23)cc1. The van der Waals surface area contributed by atoms with E-state index in [1.54, 1.807) is 12.1 Å². The number of nitrogens with zero attached hydrogens (tertiary/aromatic N) is 4. The summed E-state index contributed by atoms with van der Waals surface area (Å²) in [6.45, 7) is 0. The average Bonchev–Trinajstić information content (AvgIpc) is 2.70. The maximum Gasteiger partial charge on any atom is 0.263 e. The standard InChI is InChI=1S/C18H12Cl2N6O2S/c19-15-9-10-16(25-24-15)26-29(27,28)12-7-5-11(6-8-12)21-17-13-3-1-2-4-14(13)22-18(20)23-17/h1-10H,(H,25,26)(H,21,22,23). The lowest BCUT2D eigenvalue weighted by molar-refractivity contribution is 0.601. The second-order valence-corrected chi connectivity index (χ2v) is 8.26. The minimum atomic E-state index is -3.83. The molecular formula is C18H12Cl2N6O2S. The molecule has 0 aliphatic rings. The van der Waals surface area contributed by atoms with Gasteiger partial charge in [0.05, 0.1) is 10.4 Å². The van der Waals surface area contributed by atoms with Crippen molar-refractivity contribution in [2.24, 2.45) is 0 Å². The molecule has 4 rings (SSSR count). The Labute approximate surface area is 176 Å². The van der Waals surface area contributed by atoms with Gasteiger partial charge in [0.2, 0.25) is 5.28 Å². The first kappa shape index (κ1) is 19.3. The molecule has 0 bridgehead atoms. The third-order valence-corrected chi connectivity index (χ3v) is 5.62. The maximum absolute atomic E-state index is 12.5. The number of hydrogen-bond acceptors (Lipinski definition) is 7. The van der Waals surface area contributed by atoms with Crippen LogP contribution in [0.15, 0.2) is 65.6 Å². The van der Waals surface area contributed by atoms with Crippen molar-refractivity contribution in [2.45, 2.75) is 4.90 Å². The minimum Gasteiger partial charge on any atom is -0.340 e. The molecule has 0 radical (unpaired) electrons. The van der Waals surface area contributed by atoms with Crippen LogP contribution in [0.3, 0.4) is 0 Å². The fourth-order valence-electron chi connectivity index (χ4n) is 2.56. The predicted octanol–water partition coefficient (Wildman–Crippen LogP) is 4.27. The molecule has 4 aromatic rings. The maximum atomic E-state index is 12.5. The molecule has 2 heterocycles. The summed E-state index contributed by atoms with van der Waals surface area (Å²) in [6.07, 6.45) is 0. The zero-order valence-electron chi connectivity index (χ0n) is 14.5. The van der Waals surface area contributed by atoms with Gasteiger partial charge in [-0.05, 0) is 60.1 Å². The van der Waals surface area contributed by atoms with E-state index in [0.29, 0.717) is 17.0 Å². The van der Waals surface area contributed by atoms with Crippen LogP contribution in [0.25, 0.3) is 10.9 Å². The fourth-order valence-corrected chi connectivity index (χ4v) is 3.84. The van der Waals surface area contributed by atoms with Crippen molar-refractivity contribution in [3.63, 3.8) is 0 Å². The molecule has 2 aromatic heterocycles. The van der Waals surface area contributed by atoms with E-state index in [4.69, 9.17) is 23.2 Å². The van der Waals surface area contributed by atoms with Crippen molar-refractivity contribution < 1.29 is 8.42 Å². The molecule has 8 nitrogen and oxygen atoms in total. The zero-order chi connectivity index (χ0) is 20.4. The van der Waals surface area contributed by atoms with Gasteiger partial charge in [-0.25, -0.2) is 13.4 Å². The van der Waals surface area contributed by atoms with Crippen LogP contribution in [0.2, 0.25) is 10.4 Å². The second kappa shape index (κ2) is 7.78. The number of anilines is 3. The lowest BCUT2D eigenvalue weighted by Crippen LogP contribution is -2.14. The van der Waals surface area contributed by atoms with E-state index < -0.39 is 10.0 Å². The van der Waals surface area contributed by atoms with E-state index in [1.165, 1.54) is 24.3 Å². The molecular weight excluding hydrogens is 435 g/mol. The van der Waals surface area contributed by atoms with Crippen LogP contribution >= 0.6 is 23.2 Å². The van der Waals surface area contributed by atoms with E-state index in [9.17, 15) is 8.42 Å². The van der Waals surface area contributed by atoms with Crippen LogP contribution < -0.4 is 10.0 Å². The first-order valence-electron chi connectivity index (χ1n) is 8.22. The monoisotopic (exact) mass is 446 g/mol. The molecule has 2 aromatic carbocycles. The van der Waals surface area contributed by atoms with Crippen molar-refractivity contribution in [2.75, 3.05) is 10.0 Å². The van der Waals surface area contributed by atoms with E-state index in [0.717, 1.165) is 5.39 Å². The number of halogens is 2. The van der Waals surface area contributed by atoms with Gasteiger partial charge in [-0.1, -0.05) is 23.7 Å². The van der Waals surface area contributed by atoms with Gasteiger partial charge in [0.1, 0.15) is 5.82 Å². The van der Waals surface area contributed by atoms with Crippen molar-refractivity contribution >= 4 is 61.5 Å². The average molecular weight is 447 g/mol. The van der Waals surface area contributed by atoms with E-state index in [1.807, 2.05) is 24.3 Å². The predicted molar refractivity (Wildman–Crippen MR) is 112 cm³/mol. The highest BCUT2D eigenvalue weighted by Gasteiger charge is 2.15. The van der Waals surface area contributed by atoms with E-state index in [2.05, 4.69) is 30.2 Å². The molecule has 29 heavy (non-hydrogen) atoms. The Morgan fingerprint density at radius 1 is 0.828 bits per heavy atom. The minimum absolute atomic E-state index is 0.0605. The molecule has 0 aliphatic heterocycles. The summed E-state index contributed by atoms with van der Waals surface area (Å²) in [5.41, 5.74) is 1.33. The van der Waals surface area contributed by atoms with Crippen LogP contribution in [-0.2, 0) is 10.0 Å². The smallest absolute Gasteiger partial charge is 0.263 e. The molecule has 0 fully saturated rings. The number of rotatable bonds is 5. The zero-order valence-corrected chi connectivity index (χ0v) is 16.9. The number of para-hydroxylation sites is 1. The summed E-state index contributed by atoms with van der Waals surface area (Å²) in [5.74, 6) is 0.587. The Balaban J connectivity index is 1.57. The molecule has 0 atom stereocenters. The van der Waals surface area contributed by atoms with Crippen molar-refractivity contribution in [3.05, 3.63) is 71.1 Å². The number of aromatic nitrogens is 4. The van der Waals surface area contributed by atoms with Gasteiger partial charge in [0, 0.05) is 11.1 Å². The Morgan fingerprint density at radius 3 is 2.31 bits per heavy atom.